The highest BCUT2D eigenvalue weighted by Crippen LogP contribution is 2.25. The maximum Gasteiger partial charge on any atom is 0.254 e. The van der Waals surface area contributed by atoms with Crippen molar-refractivity contribution >= 4 is 5.91 Å². The van der Waals surface area contributed by atoms with Crippen LogP contribution in [-0.4, -0.2) is 23.4 Å². The number of carbonyl (C=O) groups is 1. The van der Waals surface area contributed by atoms with E-state index in [0.29, 0.717) is 12.0 Å². The Hall–Kier alpha value is -1.31. The summed E-state index contributed by atoms with van der Waals surface area (Å²) in [4.78, 5) is 14.4. The molecule has 1 heterocycles. The van der Waals surface area contributed by atoms with Gasteiger partial charge in [-0.1, -0.05) is 32.0 Å². The molecule has 1 fully saturated rings. The largest absolute Gasteiger partial charge is 0.336 e. The molecule has 0 spiro atoms. The van der Waals surface area contributed by atoms with Gasteiger partial charge in [-0.15, -0.1) is 0 Å². The number of hydrogen-bond donors (Lipinski definition) is 0. The van der Waals surface area contributed by atoms with Gasteiger partial charge in [-0.25, -0.2) is 0 Å². The fourth-order valence-electron chi connectivity index (χ4n) is 2.64. The Bertz CT molecular complexity index is 372. The van der Waals surface area contributed by atoms with Crippen LogP contribution in [0.2, 0.25) is 0 Å². The van der Waals surface area contributed by atoms with Gasteiger partial charge >= 0.3 is 0 Å². The summed E-state index contributed by atoms with van der Waals surface area (Å²) in [6.07, 6.45) is 3.44. The zero-order chi connectivity index (χ0) is 12.3. The first-order chi connectivity index (χ1) is 8.18. The molecule has 1 saturated heterocycles. The van der Waals surface area contributed by atoms with Crippen LogP contribution in [0.1, 0.15) is 43.5 Å². The number of benzene rings is 1. The smallest absolute Gasteiger partial charge is 0.254 e. The van der Waals surface area contributed by atoms with Crippen molar-refractivity contribution in [3.63, 3.8) is 0 Å². The second-order valence-electron chi connectivity index (χ2n) is 5.29. The van der Waals surface area contributed by atoms with Crippen LogP contribution in [0.15, 0.2) is 30.3 Å². The summed E-state index contributed by atoms with van der Waals surface area (Å²) in [6.45, 7) is 5.37. The minimum absolute atomic E-state index is 0.203. The van der Waals surface area contributed by atoms with E-state index >= 15 is 0 Å². The SMILES string of the molecule is CC(C)C[C@@H]1CCCN1C(=O)c1ccccc1. The van der Waals surface area contributed by atoms with Crippen molar-refractivity contribution in [3.8, 4) is 0 Å². The maximum atomic E-state index is 12.4. The molecule has 1 aromatic carbocycles. The molecule has 2 nitrogen and oxygen atoms in total. The molecule has 1 amide bonds. The lowest BCUT2D eigenvalue weighted by atomic mass is 10.0. The number of nitrogens with zero attached hydrogens (tertiary/aromatic N) is 1. The third-order valence-corrected chi connectivity index (χ3v) is 3.40. The molecule has 1 aromatic rings. The Kier molecular flexibility index (Phi) is 3.82. The summed E-state index contributed by atoms with van der Waals surface area (Å²) in [7, 11) is 0. The van der Waals surface area contributed by atoms with E-state index in [4.69, 9.17) is 0 Å². The van der Waals surface area contributed by atoms with Crippen molar-refractivity contribution in [2.45, 2.75) is 39.2 Å². The number of likely N-dealkylation sites (tertiary alicyclic amines) is 1. The highest BCUT2D eigenvalue weighted by Gasteiger charge is 2.29. The van der Waals surface area contributed by atoms with Crippen molar-refractivity contribution in [2.75, 3.05) is 6.54 Å². The quantitative estimate of drug-likeness (QED) is 0.781. The summed E-state index contributed by atoms with van der Waals surface area (Å²) in [5.74, 6) is 0.859. The number of carbonyl (C=O) groups excluding carboxylic acids is 1. The minimum atomic E-state index is 0.203. The van der Waals surface area contributed by atoms with Crippen molar-refractivity contribution in [1.29, 1.82) is 0 Å². The highest BCUT2D eigenvalue weighted by molar-refractivity contribution is 5.94. The summed E-state index contributed by atoms with van der Waals surface area (Å²) < 4.78 is 0. The first-order valence-corrected chi connectivity index (χ1v) is 6.54. The molecule has 0 radical (unpaired) electrons. The lowest BCUT2D eigenvalue weighted by Gasteiger charge is -2.26. The van der Waals surface area contributed by atoms with Gasteiger partial charge in [0.25, 0.3) is 5.91 Å². The second kappa shape index (κ2) is 5.35. The molecule has 0 aromatic heterocycles. The molecule has 0 aliphatic carbocycles. The summed E-state index contributed by atoms with van der Waals surface area (Å²) in [6, 6.07) is 10.1. The summed E-state index contributed by atoms with van der Waals surface area (Å²) in [5, 5.41) is 0. The average molecular weight is 231 g/mol. The van der Waals surface area contributed by atoms with Crippen LogP contribution < -0.4 is 0 Å². The third-order valence-electron chi connectivity index (χ3n) is 3.40. The molecule has 17 heavy (non-hydrogen) atoms. The highest BCUT2D eigenvalue weighted by atomic mass is 16.2. The zero-order valence-electron chi connectivity index (χ0n) is 10.7. The normalized spacial score (nSPS) is 19.9. The van der Waals surface area contributed by atoms with Crippen molar-refractivity contribution < 1.29 is 4.79 Å². The molecule has 0 bridgehead atoms. The van der Waals surface area contributed by atoms with Gasteiger partial charge < -0.3 is 4.90 Å². The van der Waals surface area contributed by atoms with E-state index in [1.807, 2.05) is 30.3 Å². The van der Waals surface area contributed by atoms with Gasteiger partial charge in [-0.05, 0) is 37.3 Å². The average Bonchev–Trinajstić information content (AvgIpc) is 2.76. The van der Waals surface area contributed by atoms with E-state index in [-0.39, 0.29) is 5.91 Å². The van der Waals surface area contributed by atoms with Crippen LogP contribution >= 0.6 is 0 Å². The zero-order valence-corrected chi connectivity index (χ0v) is 10.7. The molecule has 0 unspecified atom stereocenters. The van der Waals surface area contributed by atoms with Crippen LogP contribution in [0, 0.1) is 5.92 Å². The van der Waals surface area contributed by atoms with Gasteiger partial charge in [0.2, 0.25) is 0 Å². The third kappa shape index (κ3) is 2.87. The standard InChI is InChI=1S/C15H21NO/c1-12(2)11-14-9-6-10-16(14)15(17)13-7-4-3-5-8-13/h3-5,7-8,12,14H,6,9-11H2,1-2H3/t14-/m0/s1. The topological polar surface area (TPSA) is 20.3 Å². The Morgan fingerprint density at radius 1 is 1.35 bits per heavy atom. The molecule has 0 saturated carbocycles. The molecule has 2 heteroatoms. The van der Waals surface area contributed by atoms with Gasteiger partial charge in [0, 0.05) is 18.2 Å². The molecular weight excluding hydrogens is 210 g/mol. The number of hydrogen-bond acceptors (Lipinski definition) is 1. The van der Waals surface area contributed by atoms with Gasteiger partial charge in [-0.2, -0.15) is 0 Å². The first kappa shape index (κ1) is 12.2. The molecule has 1 atom stereocenters. The van der Waals surface area contributed by atoms with Gasteiger partial charge in [-0.3, -0.25) is 4.79 Å². The van der Waals surface area contributed by atoms with Gasteiger partial charge in [0.1, 0.15) is 0 Å². The minimum Gasteiger partial charge on any atom is -0.336 e. The van der Waals surface area contributed by atoms with Gasteiger partial charge in [0.15, 0.2) is 0 Å². The Labute approximate surface area is 104 Å². The van der Waals surface area contributed by atoms with Crippen LogP contribution in [0.25, 0.3) is 0 Å². The van der Waals surface area contributed by atoms with Crippen LogP contribution in [0.4, 0.5) is 0 Å². The van der Waals surface area contributed by atoms with Crippen molar-refractivity contribution in [1.82, 2.24) is 4.90 Å². The Morgan fingerprint density at radius 3 is 2.71 bits per heavy atom. The predicted molar refractivity (Wildman–Crippen MR) is 70.0 cm³/mol. The second-order valence-corrected chi connectivity index (χ2v) is 5.29. The van der Waals surface area contributed by atoms with E-state index < -0.39 is 0 Å². The monoisotopic (exact) mass is 231 g/mol. The molecule has 1 aliphatic heterocycles. The number of rotatable bonds is 3. The lowest BCUT2D eigenvalue weighted by Crippen LogP contribution is -2.36. The predicted octanol–water partition coefficient (Wildman–Crippen LogP) is 3.34. The lowest BCUT2D eigenvalue weighted by molar-refractivity contribution is 0.0722. The fraction of sp³-hybridized carbons (Fsp3) is 0.533. The molecule has 92 valence electrons. The molecule has 0 N–H and O–H groups in total. The van der Waals surface area contributed by atoms with E-state index in [0.717, 1.165) is 31.4 Å². The van der Waals surface area contributed by atoms with Crippen molar-refractivity contribution in [2.24, 2.45) is 5.92 Å². The fourth-order valence-corrected chi connectivity index (χ4v) is 2.64. The van der Waals surface area contributed by atoms with Crippen LogP contribution in [0.3, 0.4) is 0 Å². The van der Waals surface area contributed by atoms with E-state index in [1.54, 1.807) is 0 Å². The van der Waals surface area contributed by atoms with E-state index in [9.17, 15) is 4.79 Å². The molecular formula is C15H21NO. The molecule has 1 aliphatic rings. The van der Waals surface area contributed by atoms with Crippen molar-refractivity contribution in [3.05, 3.63) is 35.9 Å². The summed E-state index contributed by atoms with van der Waals surface area (Å²) >= 11 is 0. The Balaban J connectivity index is 2.08. The van der Waals surface area contributed by atoms with E-state index in [2.05, 4.69) is 18.7 Å². The first-order valence-electron chi connectivity index (χ1n) is 6.54. The molecule has 2 rings (SSSR count). The summed E-state index contributed by atoms with van der Waals surface area (Å²) in [5.41, 5.74) is 0.822. The van der Waals surface area contributed by atoms with Crippen LogP contribution in [0.5, 0.6) is 0 Å². The van der Waals surface area contributed by atoms with Crippen LogP contribution in [-0.2, 0) is 0 Å². The number of amides is 1. The van der Waals surface area contributed by atoms with Gasteiger partial charge in [0.05, 0.1) is 0 Å². The Morgan fingerprint density at radius 2 is 2.06 bits per heavy atom. The van der Waals surface area contributed by atoms with E-state index in [1.165, 1.54) is 0 Å². The maximum absolute atomic E-state index is 12.4.